The van der Waals surface area contributed by atoms with E-state index in [1.54, 1.807) is 0 Å². The lowest BCUT2D eigenvalue weighted by Crippen LogP contribution is -2.07. The molecule has 0 saturated heterocycles. The SMILES string of the molecule is COC(=O)c1cnn(N)c1. The van der Waals surface area contributed by atoms with Crippen LogP contribution in [0.2, 0.25) is 0 Å². The Morgan fingerprint density at radius 1 is 1.90 bits per heavy atom. The normalized spacial score (nSPS) is 9.30. The predicted octanol–water partition coefficient (Wildman–Crippen LogP) is -0.617. The van der Waals surface area contributed by atoms with Crippen molar-refractivity contribution < 1.29 is 9.53 Å². The number of aromatic nitrogens is 2. The van der Waals surface area contributed by atoms with Gasteiger partial charge in [-0.1, -0.05) is 0 Å². The Hall–Kier alpha value is -1.52. The first-order valence-electron chi connectivity index (χ1n) is 2.62. The van der Waals surface area contributed by atoms with Gasteiger partial charge in [0.15, 0.2) is 0 Å². The second kappa shape index (κ2) is 2.38. The van der Waals surface area contributed by atoms with E-state index in [-0.39, 0.29) is 0 Å². The highest BCUT2D eigenvalue weighted by Crippen LogP contribution is 1.95. The standard InChI is InChI=1S/C5H7N3O2/c1-10-5(9)4-2-7-8(6)3-4/h2-3H,6H2,1H3. The van der Waals surface area contributed by atoms with Gasteiger partial charge in [0.05, 0.1) is 25.1 Å². The van der Waals surface area contributed by atoms with E-state index in [4.69, 9.17) is 5.84 Å². The second-order valence-electron chi connectivity index (χ2n) is 1.70. The Morgan fingerprint density at radius 3 is 3.00 bits per heavy atom. The number of hydrogen-bond acceptors (Lipinski definition) is 4. The minimum atomic E-state index is -0.434. The fourth-order valence-corrected chi connectivity index (χ4v) is 0.561. The van der Waals surface area contributed by atoms with Crippen molar-refractivity contribution in [1.82, 2.24) is 9.89 Å². The molecule has 1 aromatic heterocycles. The molecule has 2 N–H and O–H groups in total. The van der Waals surface area contributed by atoms with Crippen molar-refractivity contribution in [3.63, 3.8) is 0 Å². The van der Waals surface area contributed by atoms with Crippen molar-refractivity contribution in [3.8, 4) is 0 Å². The number of ether oxygens (including phenoxy) is 1. The molecular formula is C5H7N3O2. The van der Waals surface area contributed by atoms with Gasteiger partial charge in [0.2, 0.25) is 0 Å². The molecule has 1 heterocycles. The first-order chi connectivity index (χ1) is 4.74. The van der Waals surface area contributed by atoms with Crippen molar-refractivity contribution in [2.75, 3.05) is 13.0 Å². The summed E-state index contributed by atoms with van der Waals surface area (Å²) in [5.74, 6) is 4.74. The zero-order valence-corrected chi connectivity index (χ0v) is 5.44. The average molecular weight is 141 g/mol. The van der Waals surface area contributed by atoms with Crippen molar-refractivity contribution in [1.29, 1.82) is 0 Å². The Kier molecular flexibility index (Phi) is 1.57. The number of carbonyl (C=O) groups excluding carboxylic acids is 1. The summed E-state index contributed by atoms with van der Waals surface area (Å²) in [5, 5.41) is 3.58. The third kappa shape index (κ3) is 1.07. The number of nitrogen functional groups attached to an aromatic ring is 1. The molecule has 1 rings (SSSR count). The first-order valence-corrected chi connectivity index (χ1v) is 2.62. The van der Waals surface area contributed by atoms with Crippen LogP contribution in [0.5, 0.6) is 0 Å². The molecule has 0 fully saturated rings. The summed E-state index contributed by atoms with van der Waals surface area (Å²) < 4.78 is 4.40. The molecule has 5 heteroatoms. The van der Waals surface area contributed by atoms with E-state index in [2.05, 4.69) is 9.84 Å². The molecule has 5 nitrogen and oxygen atoms in total. The second-order valence-corrected chi connectivity index (χ2v) is 1.70. The maximum atomic E-state index is 10.7. The van der Waals surface area contributed by atoms with Gasteiger partial charge in [-0.15, -0.1) is 0 Å². The number of carbonyl (C=O) groups is 1. The molecule has 0 radical (unpaired) electrons. The highest BCUT2D eigenvalue weighted by Gasteiger charge is 2.05. The van der Waals surface area contributed by atoms with Gasteiger partial charge >= 0.3 is 5.97 Å². The van der Waals surface area contributed by atoms with E-state index >= 15 is 0 Å². The van der Waals surface area contributed by atoms with E-state index in [0.717, 1.165) is 4.79 Å². The minimum absolute atomic E-state index is 0.352. The van der Waals surface area contributed by atoms with Gasteiger partial charge in [-0.3, -0.25) is 0 Å². The monoisotopic (exact) mass is 141 g/mol. The molecule has 0 amide bonds. The van der Waals surface area contributed by atoms with E-state index in [0.29, 0.717) is 5.56 Å². The van der Waals surface area contributed by atoms with Crippen molar-refractivity contribution in [3.05, 3.63) is 18.0 Å². The summed E-state index contributed by atoms with van der Waals surface area (Å²) in [4.78, 5) is 11.7. The van der Waals surface area contributed by atoms with Gasteiger partial charge in [-0.05, 0) is 0 Å². The highest BCUT2D eigenvalue weighted by atomic mass is 16.5. The number of esters is 1. The molecule has 0 spiro atoms. The quantitative estimate of drug-likeness (QED) is 0.418. The summed E-state index contributed by atoms with van der Waals surface area (Å²) in [6.45, 7) is 0. The van der Waals surface area contributed by atoms with Crippen LogP contribution in [-0.2, 0) is 4.74 Å². The third-order valence-corrected chi connectivity index (χ3v) is 1.02. The molecule has 0 unspecified atom stereocenters. The van der Waals surface area contributed by atoms with Crippen molar-refractivity contribution in [2.45, 2.75) is 0 Å². The Morgan fingerprint density at radius 2 is 2.60 bits per heavy atom. The van der Waals surface area contributed by atoms with Crippen molar-refractivity contribution >= 4 is 5.97 Å². The summed E-state index contributed by atoms with van der Waals surface area (Å²) in [5.41, 5.74) is 0.352. The Labute approximate surface area is 57.4 Å². The van der Waals surface area contributed by atoms with Crippen LogP contribution in [0, 0.1) is 0 Å². The number of hydrogen-bond donors (Lipinski definition) is 1. The van der Waals surface area contributed by atoms with Crippen LogP contribution in [0.4, 0.5) is 0 Å². The van der Waals surface area contributed by atoms with E-state index < -0.39 is 5.97 Å². The van der Waals surface area contributed by atoms with Crippen molar-refractivity contribution in [2.24, 2.45) is 0 Å². The molecule has 54 valence electrons. The fraction of sp³-hybridized carbons (Fsp3) is 0.200. The summed E-state index contributed by atoms with van der Waals surface area (Å²) in [7, 11) is 1.30. The van der Waals surface area contributed by atoms with Crippen LogP contribution >= 0.6 is 0 Å². The lowest BCUT2D eigenvalue weighted by molar-refractivity contribution is 0.0600. The molecular weight excluding hydrogens is 134 g/mol. The van der Waals surface area contributed by atoms with Gasteiger partial charge in [0.1, 0.15) is 0 Å². The number of methoxy groups -OCH3 is 1. The molecule has 1 aromatic rings. The lowest BCUT2D eigenvalue weighted by Gasteiger charge is -1.90. The molecule has 10 heavy (non-hydrogen) atoms. The van der Waals surface area contributed by atoms with Crippen LogP contribution in [0.1, 0.15) is 10.4 Å². The number of rotatable bonds is 1. The zero-order valence-electron chi connectivity index (χ0n) is 5.44. The predicted molar refractivity (Wildman–Crippen MR) is 33.7 cm³/mol. The van der Waals surface area contributed by atoms with Gasteiger partial charge in [-0.2, -0.15) is 9.89 Å². The first kappa shape index (κ1) is 6.60. The smallest absolute Gasteiger partial charge is 0.341 e. The van der Waals surface area contributed by atoms with E-state index in [1.807, 2.05) is 0 Å². The third-order valence-electron chi connectivity index (χ3n) is 1.02. The Balaban J connectivity index is 2.85. The maximum Gasteiger partial charge on any atom is 0.341 e. The zero-order chi connectivity index (χ0) is 7.56. The summed E-state index contributed by atoms with van der Waals surface area (Å²) in [6.07, 6.45) is 2.72. The summed E-state index contributed by atoms with van der Waals surface area (Å²) >= 11 is 0. The maximum absolute atomic E-state index is 10.7. The van der Waals surface area contributed by atoms with Crippen LogP contribution in [-0.4, -0.2) is 23.0 Å². The largest absolute Gasteiger partial charge is 0.465 e. The molecule has 0 aromatic carbocycles. The van der Waals surface area contributed by atoms with Gasteiger partial charge in [0.25, 0.3) is 0 Å². The number of nitrogens with zero attached hydrogens (tertiary/aromatic N) is 2. The lowest BCUT2D eigenvalue weighted by atomic mass is 10.4. The molecule has 0 aliphatic heterocycles. The molecule has 0 bridgehead atoms. The van der Waals surface area contributed by atoms with Crippen LogP contribution in [0.25, 0.3) is 0 Å². The Bertz CT molecular complexity index is 243. The minimum Gasteiger partial charge on any atom is -0.465 e. The van der Waals surface area contributed by atoms with E-state index in [1.165, 1.54) is 19.5 Å². The molecule has 0 aliphatic carbocycles. The highest BCUT2D eigenvalue weighted by molar-refractivity contribution is 5.88. The molecule has 0 atom stereocenters. The van der Waals surface area contributed by atoms with Crippen LogP contribution < -0.4 is 5.84 Å². The summed E-state index contributed by atoms with van der Waals surface area (Å²) in [6, 6.07) is 0. The fourth-order valence-electron chi connectivity index (χ4n) is 0.561. The van der Waals surface area contributed by atoms with Gasteiger partial charge < -0.3 is 10.6 Å². The number of nitrogens with two attached hydrogens (primary N) is 1. The average Bonchev–Trinajstić information content (AvgIpc) is 2.34. The van der Waals surface area contributed by atoms with Crippen LogP contribution in [0.15, 0.2) is 12.4 Å². The van der Waals surface area contributed by atoms with Gasteiger partial charge in [0, 0.05) is 0 Å². The molecule has 0 aliphatic rings. The molecule has 0 saturated carbocycles. The topological polar surface area (TPSA) is 70.1 Å². The van der Waals surface area contributed by atoms with Crippen LogP contribution in [0.3, 0.4) is 0 Å². The van der Waals surface area contributed by atoms with E-state index in [9.17, 15) is 4.79 Å². The van der Waals surface area contributed by atoms with Gasteiger partial charge in [-0.25, -0.2) is 4.79 Å².